The normalized spacial score (nSPS) is 11.8. The Morgan fingerprint density at radius 1 is 0.219 bits per heavy atom. The van der Waals surface area contributed by atoms with E-state index in [-0.39, 0.29) is 0 Å². The topological polar surface area (TPSA) is 9.86 Å². The Balaban J connectivity index is 0.993. The van der Waals surface area contributed by atoms with Crippen LogP contribution >= 0.6 is 0 Å². The van der Waals surface area contributed by atoms with Crippen LogP contribution in [0.1, 0.15) is 0 Å². The molecule has 2 heterocycles. The number of para-hydroxylation sites is 3. The SMILES string of the molecule is c1ccc(-n2c3ccccc3c3cc(-c4cccc(-c5ccccc5-n5c6ccc(-c7cccc8ccccc78)cc6c6cc(-c7cccc8ccccc78)ccc65)c4)ccc32)cc1. The first-order valence-electron chi connectivity index (χ1n) is 22.1. The lowest BCUT2D eigenvalue weighted by atomic mass is 9.95. The van der Waals surface area contributed by atoms with E-state index in [2.05, 4.69) is 252 Å². The third-order valence-electron chi connectivity index (χ3n) is 13.3. The van der Waals surface area contributed by atoms with Crippen LogP contribution in [0, 0.1) is 0 Å². The highest BCUT2D eigenvalue weighted by atomic mass is 15.0. The molecule has 0 spiro atoms. The Kier molecular flexibility index (Phi) is 8.25. The number of rotatable bonds is 6. The van der Waals surface area contributed by atoms with Crippen LogP contribution in [0.4, 0.5) is 0 Å². The zero-order valence-corrected chi connectivity index (χ0v) is 35.0. The molecule has 0 unspecified atom stereocenters. The summed E-state index contributed by atoms with van der Waals surface area (Å²) in [5.74, 6) is 0. The lowest BCUT2D eigenvalue weighted by Gasteiger charge is -2.15. The van der Waals surface area contributed by atoms with E-state index in [0.717, 1.165) is 5.69 Å². The van der Waals surface area contributed by atoms with E-state index in [4.69, 9.17) is 0 Å². The molecule has 13 aromatic rings. The highest BCUT2D eigenvalue weighted by Gasteiger charge is 2.19. The second kappa shape index (κ2) is 14.6. The second-order valence-corrected chi connectivity index (χ2v) is 16.9. The van der Waals surface area contributed by atoms with Crippen molar-refractivity contribution in [1.82, 2.24) is 9.13 Å². The van der Waals surface area contributed by atoms with Gasteiger partial charge in [-0.25, -0.2) is 0 Å². The molecule has 0 radical (unpaired) electrons. The summed E-state index contributed by atoms with van der Waals surface area (Å²) >= 11 is 0. The Morgan fingerprint density at radius 2 is 0.641 bits per heavy atom. The van der Waals surface area contributed by atoms with Gasteiger partial charge in [-0.3, -0.25) is 0 Å². The molecule has 298 valence electrons. The molecule has 0 fully saturated rings. The Morgan fingerprint density at radius 3 is 1.33 bits per heavy atom. The number of fused-ring (bicyclic) bond motifs is 8. The predicted molar refractivity (Wildman–Crippen MR) is 272 cm³/mol. The zero-order chi connectivity index (χ0) is 42.1. The zero-order valence-electron chi connectivity index (χ0n) is 35.0. The molecule has 0 bridgehead atoms. The molecule has 0 N–H and O–H groups in total. The first-order valence-corrected chi connectivity index (χ1v) is 22.1. The molecule has 0 aliphatic heterocycles. The molecule has 2 heteroatoms. The summed E-state index contributed by atoms with van der Waals surface area (Å²) in [4.78, 5) is 0. The van der Waals surface area contributed by atoms with Gasteiger partial charge in [0.2, 0.25) is 0 Å². The number of nitrogens with zero attached hydrogens (tertiary/aromatic N) is 2. The maximum Gasteiger partial charge on any atom is 0.0541 e. The van der Waals surface area contributed by atoms with Gasteiger partial charge in [-0.05, 0) is 127 Å². The third-order valence-corrected chi connectivity index (χ3v) is 13.3. The summed E-state index contributed by atoms with van der Waals surface area (Å²) in [6, 6.07) is 89.1. The van der Waals surface area contributed by atoms with Crippen molar-refractivity contribution in [3.63, 3.8) is 0 Å². The van der Waals surface area contributed by atoms with Gasteiger partial charge in [0.15, 0.2) is 0 Å². The van der Waals surface area contributed by atoms with Crippen molar-refractivity contribution in [3.8, 4) is 55.9 Å². The lowest BCUT2D eigenvalue weighted by Crippen LogP contribution is -1.97. The van der Waals surface area contributed by atoms with Crippen molar-refractivity contribution in [2.75, 3.05) is 0 Å². The minimum absolute atomic E-state index is 1.15. The average molecular weight is 813 g/mol. The molecule has 2 aromatic heterocycles. The van der Waals surface area contributed by atoms with Gasteiger partial charge in [0.1, 0.15) is 0 Å². The van der Waals surface area contributed by atoms with Crippen LogP contribution in [0.2, 0.25) is 0 Å². The molecule has 0 amide bonds. The van der Waals surface area contributed by atoms with E-state index in [0.29, 0.717) is 0 Å². The van der Waals surface area contributed by atoms with Crippen molar-refractivity contribution in [1.29, 1.82) is 0 Å². The van der Waals surface area contributed by atoms with Gasteiger partial charge in [0, 0.05) is 32.8 Å². The monoisotopic (exact) mass is 812 g/mol. The smallest absolute Gasteiger partial charge is 0.0541 e. The van der Waals surface area contributed by atoms with Gasteiger partial charge in [-0.2, -0.15) is 0 Å². The van der Waals surface area contributed by atoms with Gasteiger partial charge in [0.05, 0.1) is 27.8 Å². The van der Waals surface area contributed by atoms with Crippen LogP contribution in [0.3, 0.4) is 0 Å². The minimum Gasteiger partial charge on any atom is -0.309 e. The quantitative estimate of drug-likeness (QED) is 0.158. The molecule has 0 atom stereocenters. The van der Waals surface area contributed by atoms with Crippen LogP contribution in [-0.2, 0) is 0 Å². The molecular formula is C62H40N2. The van der Waals surface area contributed by atoms with E-state index in [1.54, 1.807) is 0 Å². The van der Waals surface area contributed by atoms with E-state index < -0.39 is 0 Å². The fraction of sp³-hybridized carbons (Fsp3) is 0. The standard InChI is InChI=1S/C62H40N2/c1-2-21-48(22-3-1)63-59-30-11-9-26-54(59)55-38-44(31-34-60(55)63)43-19-12-20-45(37-43)53-25-8-10-29-58(53)64-61-35-32-46(51-27-13-17-41-15-4-6-23-49(41)51)39-56(61)57-40-47(33-36-62(57)64)52-28-14-18-42-16-5-7-24-50(42)52/h1-40H. The van der Waals surface area contributed by atoms with E-state index >= 15 is 0 Å². The van der Waals surface area contributed by atoms with E-state index in [1.807, 2.05) is 0 Å². The molecule has 11 aromatic carbocycles. The lowest BCUT2D eigenvalue weighted by molar-refractivity contribution is 1.18. The van der Waals surface area contributed by atoms with Crippen LogP contribution in [-0.4, -0.2) is 9.13 Å². The summed E-state index contributed by atoms with van der Waals surface area (Å²) in [7, 11) is 0. The first kappa shape index (κ1) is 36.2. The average Bonchev–Trinajstić information content (AvgIpc) is 3.88. The second-order valence-electron chi connectivity index (χ2n) is 16.9. The Labute approximate surface area is 371 Å². The van der Waals surface area contributed by atoms with Gasteiger partial charge < -0.3 is 9.13 Å². The number of hydrogen-bond acceptors (Lipinski definition) is 0. The minimum atomic E-state index is 1.15. The summed E-state index contributed by atoms with van der Waals surface area (Å²) in [6.07, 6.45) is 0. The van der Waals surface area contributed by atoms with Crippen LogP contribution < -0.4 is 0 Å². The van der Waals surface area contributed by atoms with Gasteiger partial charge in [-0.1, -0.05) is 176 Å². The Hall–Kier alpha value is -8.46. The van der Waals surface area contributed by atoms with Crippen molar-refractivity contribution >= 4 is 65.2 Å². The molecule has 0 saturated carbocycles. The predicted octanol–water partition coefficient (Wildman–Crippen LogP) is 16.9. The van der Waals surface area contributed by atoms with E-state index in [9.17, 15) is 0 Å². The largest absolute Gasteiger partial charge is 0.309 e. The number of aromatic nitrogens is 2. The summed E-state index contributed by atoms with van der Waals surface area (Å²) in [6.45, 7) is 0. The van der Waals surface area contributed by atoms with Gasteiger partial charge in [-0.15, -0.1) is 0 Å². The summed E-state index contributed by atoms with van der Waals surface area (Å²) in [5, 5.41) is 9.98. The third kappa shape index (κ3) is 5.73. The molecule has 2 nitrogen and oxygen atoms in total. The molecule has 64 heavy (non-hydrogen) atoms. The van der Waals surface area contributed by atoms with Crippen LogP contribution in [0.15, 0.2) is 243 Å². The van der Waals surface area contributed by atoms with Gasteiger partial charge in [0.25, 0.3) is 0 Å². The van der Waals surface area contributed by atoms with Crippen LogP contribution in [0.25, 0.3) is 121 Å². The molecule has 13 rings (SSSR count). The molecule has 0 saturated heterocycles. The van der Waals surface area contributed by atoms with Crippen LogP contribution in [0.5, 0.6) is 0 Å². The van der Waals surface area contributed by atoms with Gasteiger partial charge >= 0.3 is 0 Å². The summed E-state index contributed by atoms with van der Waals surface area (Å²) in [5.41, 5.74) is 16.7. The molecule has 0 aliphatic carbocycles. The van der Waals surface area contributed by atoms with Crippen molar-refractivity contribution in [3.05, 3.63) is 243 Å². The van der Waals surface area contributed by atoms with E-state index in [1.165, 1.54) is 115 Å². The summed E-state index contributed by atoms with van der Waals surface area (Å²) < 4.78 is 4.86. The van der Waals surface area contributed by atoms with Crippen molar-refractivity contribution in [2.45, 2.75) is 0 Å². The highest BCUT2D eigenvalue weighted by molar-refractivity contribution is 6.14. The Bertz CT molecular complexity index is 3810. The first-order chi connectivity index (χ1) is 31.7. The number of hydrogen-bond donors (Lipinski definition) is 0. The fourth-order valence-electron chi connectivity index (χ4n) is 10.4. The fourth-order valence-corrected chi connectivity index (χ4v) is 10.4. The molecular weight excluding hydrogens is 773 g/mol. The van der Waals surface area contributed by atoms with Crippen molar-refractivity contribution < 1.29 is 0 Å². The maximum absolute atomic E-state index is 2.48. The van der Waals surface area contributed by atoms with Crippen molar-refractivity contribution in [2.24, 2.45) is 0 Å². The highest BCUT2D eigenvalue weighted by Crippen LogP contribution is 2.42. The number of benzene rings is 11. The maximum atomic E-state index is 2.48. The molecule has 0 aliphatic rings.